The molecule has 0 saturated carbocycles. The van der Waals surface area contributed by atoms with E-state index in [4.69, 9.17) is 0 Å². The van der Waals surface area contributed by atoms with Crippen molar-refractivity contribution in [3.63, 3.8) is 0 Å². The molecule has 1 N–H and O–H groups in total. The largest absolute Gasteiger partial charge is 0.404 e. The summed E-state index contributed by atoms with van der Waals surface area (Å²) in [7, 11) is -4.45. The Morgan fingerprint density at radius 3 is 2.81 bits per heavy atom. The van der Waals surface area contributed by atoms with Crippen molar-refractivity contribution in [3.05, 3.63) is 36.6 Å². The minimum atomic E-state index is -4.79. The summed E-state index contributed by atoms with van der Waals surface area (Å²) >= 11 is 0. The molecule has 4 heterocycles. The standard InChI is InChI=1S/C15H12F3N5O2S/c16-15(17,18)7-26(24,25)23-4-2-9(6-23)13-12-10-1-3-19-14(10)20-5-11(12)21-8-22-13/h1-3,5,8H,4,6-7H2,(H,19,20). The minimum Gasteiger partial charge on any atom is -0.346 e. The summed E-state index contributed by atoms with van der Waals surface area (Å²) in [5.74, 6) is -1.88. The molecule has 4 rings (SSSR count). The van der Waals surface area contributed by atoms with Crippen LogP contribution in [0.25, 0.3) is 27.5 Å². The Hall–Kier alpha value is -2.53. The van der Waals surface area contributed by atoms with Crippen molar-refractivity contribution in [2.75, 3.05) is 18.8 Å². The van der Waals surface area contributed by atoms with Crippen molar-refractivity contribution in [1.82, 2.24) is 24.2 Å². The lowest BCUT2D eigenvalue weighted by molar-refractivity contribution is -0.106. The molecule has 0 fully saturated rings. The van der Waals surface area contributed by atoms with Crippen molar-refractivity contribution in [1.29, 1.82) is 0 Å². The number of H-pyrrole nitrogens is 1. The zero-order chi connectivity index (χ0) is 18.5. The van der Waals surface area contributed by atoms with E-state index in [0.29, 0.717) is 27.8 Å². The summed E-state index contributed by atoms with van der Waals surface area (Å²) in [6, 6.07) is 1.80. The summed E-state index contributed by atoms with van der Waals surface area (Å²) in [5, 5.41) is 1.44. The van der Waals surface area contributed by atoms with E-state index in [2.05, 4.69) is 19.9 Å². The SMILES string of the molecule is O=S(=O)(CC(F)(F)F)N1CC=C(c2ncnc3cnc4[nH]ccc4c23)C1. The molecule has 0 bridgehead atoms. The van der Waals surface area contributed by atoms with E-state index in [1.54, 1.807) is 24.5 Å². The lowest BCUT2D eigenvalue weighted by Gasteiger charge is -2.17. The molecule has 0 atom stereocenters. The Morgan fingerprint density at radius 1 is 1.23 bits per heavy atom. The van der Waals surface area contributed by atoms with Crippen molar-refractivity contribution in [2.45, 2.75) is 6.18 Å². The van der Waals surface area contributed by atoms with Crippen LogP contribution in [0, 0.1) is 0 Å². The third kappa shape index (κ3) is 2.92. The number of alkyl halides is 3. The smallest absolute Gasteiger partial charge is 0.346 e. The molecular weight excluding hydrogens is 371 g/mol. The molecular formula is C15H12F3N5O2S. The van der Waals surface area contributed by atoms with Gasteiger partial charge in [0.1, 0.15) is 12.0 Å². The molecule has 0 radical (unpaired) electrons. The van der Waals surface area contributed by atoms with Crippen LogP contribution in [-0.4, -0.2) is 57.7 Å². The van der Waals surface area contributed by atoms with Crippen LogP contribution in [-0.2, 0) is 10.0 Å². The second-order valence-electron chi connectivity index (χ2n) is 5.87. The van der Waals surface area contributed by atoms with Gasteiger partial charge in [0.25, 0.3) is 0 Å². The molecule has 1 aliphatic rings. The summed E-state index contributed by atoms with van der Waals surface area (Å²) in [6.07, 6.45) is 1.39. The topological polar surface area (TPSA) is 91.8 Å². The van der Waals surface area contributed by atoms with E-state index in [1.807, 2.05) is 0 Å². The average Bonchev–Trinajstić information content (AvgIpc) is 3.21. The van der Waals surface area contributed by atoms with Crippen LogP contribution in [0.1, 0.15) is 5.69 Å². The average molecular weight is 383 g/mol. The fraction of sp³-hybridized carbons (Fsp3) is 0.267. The summed E-state index contributed by atoms with van der Waals surface area (Å²) < 4.78 is 62.3. The highest BCUT2D eigenvalue weighted by molar-refractivity contribution is 7.89. The maximum atomic E-state index is 12.5. The third-order valence-corrected chi connectivity index (χ3v) is 5.88. The zero-order valence-corrected chi connectivity index (χ0v) is 14.0. The Labute approximate surface area is 145 Å². The number of nitrogens with one attached hydrogen (secondary N) is 1. The van der Waals surface area contributed by atoms with E-state index >= 15 is 0 Å². The van der Waals surface area contributed by atoms with E-state index in [-0.39, 0.29) is 13.1 Å². The number of rotatable bonds is 3. The number of hydrogen-bond donors (Lipinski definition) is 1. The van der Waals surface area contributed by atoms with Crippen molar-refractivity contribution < 1.29 is 21.6 Å². The maximum absolute atomic E-state index is 12.5. The second-order valence-corrected chi connectivity index (χ2v) is 7.84. The molecule has 3 aromatic rings. The molecule has 0 amide bonds. The first-order valence-electron chi connectivity index (χ1n) is 7.55. The molecule has 1 aliphatic heterocycles. The fourth-order valence-electron chi connectivity index (χ4n) is 3.01. The predicted octanol–water partition coefficient (Wildman–Crippen LogP) is 2.10. The van der Waals surface area contributed by atoms with Crippen molar-refractivity contribution in [2.24, 2.45) is 0 Å². The summed E-state index contributed by atoms with van der Waals surface area (Å²) in [5.41, 5.74) is 2.22. The third-order valence-electron chi connectivity index (χ3n) is 4.12. The number of aromatic amines is 1. The van der Waals surface area contributed by atoms with Crippen LogP contribution in [0.3, 0.4) is 0 Å². The van der Waals surface area contributed by atoms with Gasteiger partial charge in [0.15, 0.2) is 5.75 Å². The molecule has 0 saturated heterocycles. The molecule has 26 heavy (non-hydrogen) atoms. The minimum absolute atomic E-state index is 0.124. The van der Waals surface area contributed by atoms with E-state index in [0.717, 1.165) is 9.69 Å². The first-order chi connectivity index (χ1) is 12.2. The fourth-order valence-corrected chi connectivity index (χ4v) is 4.25. The van der Waals surface area contributed by atoms with Crippen LogP contribution >= 0.6 is 0 Å². The van der Waals surface area contributed by atoms with Crippen LogP contribution in [0.4, 0.5) is 13.2 Å². The molecule has 136 valence electrons. The predicted molar refractivity (Wildman–Crippen MR) is 88.6 cm³/mol. The first-order valence-corrected chi connectivity index (χ1v) is 9.16. The van der Waals surface area contributed by atoms with Crippen molar-refractivity contribution >= 4 is 37.5 Å². The highest BCUT2D eigenvalue weighted by Gasteiger charge is 2.39. The molecule has 0 spiro atoms. The van der Waals surface area contributed by atoms with Gasteiger partial charge in [-0.25, -0.2) is 23.4 Å². The van der Waals surface area contributed by atoms with Crippen molar-refractivity contribution in [3.8, 4) is 0 Å². The summed E-state index contributed by atoms with van der Waals surface area (Å²) in [4.78, 5) is 15.6. The quantitative estimate of drug-likeness (QED) is 0.748. The second kappa shape index (κ2) is 5.74. The number of nitrogens with zero attached hydrogens (tertiary/aromatic N) is 4. The van der Waals surface area contributed by atoms with Gasteiger partial charge in [0.2, 0.25) is 10.0 Å². The first kappa shape index (κ1) is 16.9. The molecule has 7 nitrogen and oxygen atoms in total. The summed E-state index contributed by atoms with van der Waals surface area (Å²) in [6.45, 7) is -0.292. The number of aromatic nitrogens is 4. The van der Waals surface area contributed by atoms with Gasteiger partial charge in [-0.3, -0.25) is 0 Å². The van der Waals surface area contributed by atoms with Crippen LogP contribution in [0.2, 0.25) is 0 Å². The molecule has 0 unspecified atom stereocenters. The lowest BCUT2D eigenvalue weighted by Crippen LogP contribution is -2.36. The van der Waals surface area contributed by atoms with Gasteiger partial charge in [-0.15, -0.1) is 0 Å². The molecule has 0 aliphatic carbocycles. The van der Waals surface area contributed by atoms with Gasteiger partial charge in [-0.05, 0) is 11.6 Å². The Balaban J connectivity index is 1.73. The Kier molecular flexibility index (Phi) is 3.74. The molecule has 11 heteroatoms. The van der Waals surface area contributed by atoms with E-state index in [9.17, 15) is 21.6 Å². The van der Waals surface area contributed by atoms with Gasteiger partial charge >= 0.3 is 6.18 Å². The van der Waals surface area contributed by atoms with Gasteiger partial charge < -0.3 is 4.98 Å². The molecule has 0 aromatic carbocycles. The highest BCUT2D eigenvalue weighted by Crippen LogP contribution is 2.31. The monoisotopic (exact) mass is 383 g/mol. The van der Waals surface area contributed by atoms with Gasteiger partial charge in [0, 0.05) is 30.1 Å². The van der Waals surface area contributed by atoms with Gasteiger partial charge in [0.05, 0.1) is 17.4 Å². The van der Waals surface area contributed by atoms with E-state index in [1.165, 1.54) is 6.33 Å². The van der Waals surface area contributed by atoms with Gasteiger partial charge in [-0.2, -0.15) is 17.5 Å². The van der Waals surface area contributed by atoms with Crippen LogP contribution in [0.15, 0.2) is 30.9 Å². The van der Waals surface area contributed by atoms with Crippen LogP contribution in [0.5, 0.6) is 0 Å². The number of hydrogen-bond acceptors (Lipinski definition) is 5. The lowest BCUT2D eigenvalue weighted by atomic mass is 10.1. The number of fused-ring (bicyclic) bond motifs is 3. The van der Waals surface area contributed by atoms with Crippen LogP contribution < -0.4 is 0 Å². The number of sulfonamides is 1. The van der Waals surface area contributed by atoms with Gasteiger partial charge in [-0.1, -0.05) is 6.08 Å². The van der Waals surface area contributed by atoms with E-state index < -0.39 is 22.0 Å². The normalized spacial score (nSPS) is 16.5. The Morgan fingerprint density at radius 2 is 2.04 bits per heavy atom. The maximum Gasteiger partial charge on any atom is 0.404 e. The zero-order valence-electron chi connectivity index (χ0n) is 13.2. The Bertz CT molecular complexity index is 1140. The number of halogens is 3. The highest BCUT2D eigenvalue weighted by atomic mass is 32.2. The molecule has 3 aromatic heterocycles. The number of pyridine rings is 1.